The molecule has 12 heavy (non-hydrogen) atoms. The Balaban J connectivity index is 2.17. The highest BCUT2D eigenvalue weighted by Gasteiger charge is 2.25. The Labute approximate surface area is 74.9 Å². The second-order valence-electron chi connectivity index (χ2n) is 3.70. The SMILES string of the molecule is CNCCNC1(C)CCOCC1. The summed E-state index contributed by atoms with van der Waals surface area (Å²) < 4.78 is 5.32. The first-order valence-corrected chi connectivity index (χ1v) is 4.74. The van der Waals surface area contributed by atoms with E-state index in [0.29, 0.717) is 5.54 Å². The van der Waals surface area contributed by atoms with Gasteiger partial charge < -0.3 is 15.4 Å². The van der Waals surface area contributed by atoms with Crippen LogP contribution in [-0.4, -0.2) is 38.9 Å². The largest absolute Gasteiger partial charge is 0.381 e. The van der Waals surface area contributed by atoms with Crippen LogP contribution in [0.2, 0.25) is 0 Å². The molecule has 3 heteroatoms. The Morgan fingerprint density at radius 2 is 1.92 bits per heavy atom. The van der Waals surface area contributed by atoms with Gasteiger partial charge in [-0.25, -0.2) is 0 Å². The molecule has 0 atom stereocenters. The van der Waals surface area contributed by atoms with Crippen LogP contribution in [0.15, 0.2) is 0 Å². The van der Waals surface area contributed by atoms with Gasteiger partial charge in [0.2, 0.25) is 0 Å². The first kappa shape index (κ1) is 9.96. The lowest BCUT2D eigenvalue weighted by Gasteiger charge is -2.34. The lowest BCUT2D eigenvalue weighted by molar-refractivity contribution is 0.0456. The molecule has 0 saturated carbocycles. The van der Waals surface area contributed by atoms with Gasteiger partial charge in [0, 0.05) is 31.8 Å². The number of hydrogen-bond acceptors (Lipinski definition) is 3. The van der Waals surface area contributed by atoms with E-state index in [-0.39, 0.29) is 0 Å². The van der Waals surface area contributed by atoms with Crippen LogP contribution in [0.3, 0.4) is 0 Å². The predicted octanol–water partition coefficient (Wildman–Crippen LogP) is 0.364. The summed E-state index contributed by atoms with van der Waals surface area (Å²) >= 11 is 0. The molecule has 0 bridgehead atoms. The molecule has 0 aromatic rings. The van der Waals surface area contributed by atoms with E-state index in [1.54, 1.807) is 0 Å². The lowest BCUT2D eigenvalue weighted by Crippen LogP contribution is -2.48. The maximum atomic E-state index is 5.32. The van der Waals surface area contributed by atoms with Crippen molar-refractivity contribution in [2.45, 2.75) is 25.3 Å². The minimum Gasteiger partial charge on any atom is -0.381 e. The van der Waals surface area contributed by atoms with Crippen LogP contribution in [0, 0.1) is 0 Å². The third-order valence-corrected chi connectivity index (χ3v) is 2.52. The van der Waals surface area contributed by atoms with Gasteiger partial charge in [-0.3, -0.25) is 0 Å². The Bertz CT molecular complexity index is 122. The van der Waals surface area contributed by atoms with Gasteiger partial charge in [-0.05, 0) is 26.8 Å². The molecule has 1 saturated heterocycles. The predicted molar refractivity (Wildman–Crippen MR) is 50.4 cm³/mol. The first-order chi connectivity index (χ1) is 5.77. The van der Waals surface area contributed by atoms with Crippen LogP contribution >= 0.6 is 0 Å². The molecular weight excluding hydrogens is 152 g/mol. The molecule has 72 valence electrons. The number of hydrogen-bond donors (Lipinski definition) is 2. The van der Waals surface area contributed by atoms with E-state index in [1.165, 1.54) is 0 Å². The Morgan fingerprint density at radius 1 is 1.25 bits per heavy atom. The van der Waals surface area contributed by atoms with Crippen molar-refractivity contribution in [3.63, 3.8) is 0 Å². The van der Waals surface area contributed by atoms with E-state index in [9.17, 15) is 0 Å². The van der Waals surface area contributed by atoms with Crippen molar-refractivity contribution in [2.75, 3.05) is 33.4 Å². The van der Waals surface area contributed by atoms with Gasteiger partial charge >= 0.3 is 0 Å². The number of nitrogens with one attached hydrogen (secondary N) is 2. The van der Waals surface area contributed by atoms with Crippen molar-refractivity contribution in [2.24, 2.45) is 0 Å². The van der Waals surface area contributed by atoms with Gasteiger partial charge in [0.25, 0.3) is 0 Å². The monoisotopic (exact) mass is 172 g/mol. The summed E-state index contributed by atoms with van der Waals surface area (Å²) in [6, 6.07) is 0. The second-order valence-corrected chi connectivity index (χ2v) is 3.70. The van der Waals surface area contributed by atoms with Gasteiger partial charge in [-0.1, -0.05) is 0 Å². The normalized spacial score (nSPS) is 22.5. The van der Waals surface area contributed by atoms with Gasteiger partial charge in [0.1, 0.15) is 0 Å². The van der Waals surface area contributed by atoms with Gasteiger partial charge in [0.05, 0.1) is 0 Å². The number of rotatable bonds is 4. The van der Waals surface area contributed by atoms with E-state index < -0.39 is 0 Å². The van der Waals surface area contributed by atoms with Crippen LogP contribution in [0.4, 0.5) is 0 Å². The molecule has 0 aromatic carbocycles. The highest BCUT2D eigenvalue weighted by molar-refractivity contribution is 4.85. The topological polar surface area (TPSA) is 33.3 Å². The molecule has 1 fully saturated rings. The van der Waals surface area contributed by atoms with Crippen LogP contribution in [-0.2, 0) is 4.74 Å². The Kier molecular flexibility index (Phi) is 3.98. The van der Waals surface area contributed by atoms with Crippen LogP contribution in [0.5, 0.6) is 0 Å². The van der Waals surface area contributed by atoms with E-state index in [4.69, 9.17) is 4.74 Å². The highest BCUT2D eigenvalue weighted by atomic mass is 16.5. The molecule has 0 amide bonds. The molecule has 0 unspecified atom stereocenters. The zero-order valence-corrected chi connectivity index (χ0v) is 8.15. The minimum atomic E-state index is 0.315. The molecule has 0 aromatic heterocycles. The van der Waals surface area contributed by atoms with Crippen LogP contribution in [0.25, 0.3) is 0 Å². The summed E-state index contributed by atoms with van der Waals surface area (Å²) in [5, 5.41) is 6.69. The third kappa shape index (κ3) is 3.09. The fourth-order valence-electron chi connectivity index (χ4n) is 1.49. The van der Waals surface area contributed by atoms with Crippen molar-refractivity contribution in [1.29, 1.82) is 0 Å². The lowest BCUT2D eigenvalue weighted by atomic mass is 9.92. The summed E-state index contributed by atoms with van der Waals surface area (Å²) in [5.41, 5.74) is 0.315. The van der Waals surface area contributed by atoms with Crippen molar-refractivity contribution < 1.29 is 4.74 Å². The highest BCUT2D eigenvalue weighted by Crippen LogP contribution is 2.18. The van der Waals surface area contributed by atoms with Crippen molar-refractivity contribution >= 4 is 0 Å². The molecule has 0 radical (unpaired) electrons. The third-order valence-electron chi connectivity index (χ3n) is 2.52. The maximum absolute atomic E-state index is 5.32. The number of likely N-dealkylation sites (N-methyl/N-ethyl adjacent to an activating group) is 1. The van der Waals surface area contributed by atoms with Crippen molar-refractivity contribution in [1.82, 2.24) is 10.6 Å². The molecule has 1 aliphatic heterocycles. The first-order valence-electron chi connectivity index (χ1n) is 4.74. The average molecular weight is 172 g/mol. The van der Waals surface area contributed by atoms with E-state index in [0.717, 1.165) is 39.1 Å². The zero-order valence-electron chi connectivity index (χ0n) is 8.15. The summed E-state index contributed by atoms with van der Waals surface area (Å²) in [6.07, 6.45) is 2.27. The van der Waals surface area contributed by atoms with Crippen LogP contribution < -0.4 is 10.6 Å². The molecular formula is C9H20N2O. The quantitative estimate of drug-likeness (QED) is 0.601. The average Bonchev–Trinajstić information content (AvgIpc) is 2.06. The van der Waals surface area contributed by atoms with Crippen molar-refractivity contribution in [3.8, 4) is 0 Å². The minimum absolute atomic E-state index is 0.315. The van der Waals surface area contributed by atoms with Gasteiger partial charge in [0.15, 0.2) is 0 Å². The summed E-state index contributed by atoms with van der Waals surface area (Å²) in [7, 11) is 1.98. The molecule has 0 aliphatic carbocycles. The number of ether oxygens (including phenoxy) is 1. The van der Waals surface area contributed by atoms with Gasteiger partial charge in [-0.2, -0.15) is 0 Å². The van der Waals surface area contributed by atoms with E-state index in [1.807, 2.05) is 7.05 Å². The van der Waals surface area contributed by atoms with E-state index in [2.05, 4.69) is 17.6 Å². The Morgan fingerprint density at radius 3 is 2.50 bits per heavy atom. The zero-order chi connectivity index (χ0) is 8.86. The van der Waals surface area contributed by atoms with Gasteiger partial charge in [-0.15, -0.1) is 0 Å². The van der Waals surface area contributed by atoms with E-state index >= 15 is 0 Å². The molecule has 1 rings (SSSR count). The summed E-state index contributed by atoms with van der Waals surface area (Å²) in [4.78, 5) is 0. The molecule has 0 spiro atoms. The second kappa shape index (κ2) is 4.80. The maximum Gasteiger partial charge on any atom is 0.0483 e. The molecule has 1 aliphatic rings. The Hall–Kier alpha value is -0.120. The standard InChI is InChI=1S/C9H20N2O/c1-9(11-6-5-10-2)3-7-12-8-4-9/h10-11H,3-8H2,1-2H3. The van der Waals surface area contributed by atoms with Crippen LogP contribution in [0.1, 0.15) is 19.8 Å². The fraction of sp³-hybridized carbons (Fsp3) is 1.00. The molecule has 3 nitrogen and oxygen atoms in total. The smallest absolute Gasteiger partial charge is 0.0483 e. The summed E-state index contributed by atoms with van der Waals surface area (Å²) in [6.45, 7) is 6.18. The summed E-state index contributed by atoms with van der Waals surface area (Å²) in [5.74, 6) is 0. The molecule has 2 N–H and O–H groups in total. The van der Waals surface area contributed by atoms with Crippen molar-refractivity contribution in [3.05, 3.63) is 0 Å². The molecule has 1 heterocycles. The fourth-order valence-corrected chi connectivity index (χ4v) is 1.49.